The van der Waals surface area contributed by atoms with E-state index in [4.69, 9.17) is 5.73 Å². The quantitative estimate of drug-likeness (QED) is 0.319. The molecule has 0 saturated carbocycles. The summed E-state index contributed by atoms with van der Waals surface area (Å²) in [7, 11) is 0. The van der Waals surface area contributed by atoms with Crippen LogP contribution in [0.1, 0.15) is 6.92 Å². The van der Waals surface area contributed by atoms with E-state index in [1.807, 2.05) is 0 Å². The van der Waals surface area contributed by atoms with Crippen LogP contribution in [0.15, 0.2) is 12.2 Å². The van der Waals surface area contributed by atoms with Crippen LogP contribution in [0.25, 0.3) is 0 Å². The van der Waals surface area contributed by atoms with Crippen molar-refractivity contribution < 1.29 is 9.63 Å². The molecule has 0 aromatic heterocycles. The van der Waals surface area contributed by atoms with Gasteiger partial charge in [-0.15, -0.1) is 0 Å². The van der Waals surface area contributed by atoms with Crippen molar-refractivity contribution in [3.8, 4) is 0 Å². The zero-order chi connectivity index (χ0) is 7.98. The van der Waals surface area contributed by atoms with E-state index in [0.717, 1.165) is 0 Å². The summed E-state index contributed by atoms with van der Waals surface area (Å²) in [5.41, 5.74) is 7.86. The Kier molecular flexibility index (Phi) is 4.53. The molecule has 0 fully saturated rings. The van der Waals surface area contributed by atoms with E-state index < -0.39 is 5.97 Å². The molecule has 3 N–H and O–H groups in total. The van der Waals surface area contributed by atoms with Crippen LogP contribution in [-0.2, 0) is 9.63 Å². The van der Waals surface area contributed by atoms with E-state index in [1.165, 1.54) is 0 Å². The van der Waals surface area contributed by atoms with E-state index in [9.17, 15) is 4.79 Å². The van der Waals surface area contributed by atoms with Crippen LogP contribution in [0.3, 0.4) is 0 Å². The number of rotatable bonds is 4. The minimum Gasteiger partial charge on any atom is -0.367 e. The topological polar surface area (TPSA) is 64.3 Å². The van der Waals surface area contributed by atoms with Gasteiger partial charge in [-0.05, 0) is 6.92 Å². The first-order chi connectivity index (χ1) is 4.68. The molecule has 0 radical (unpaired) electrons. The Labute approximate surface area is 60.0 Å². The molecule has 0 aliphatic heterocycles. The van der Waals surface area contributed by atoms with Gasteiger partial charge in [0.1, 0.15) is 0 Å². The summed E-state index contributed by atoms with van der Waals surface area (Å²) in [6, 6.07) is 0. The standard InChI is InChI=1S/C6H12N2O2/c1-5(2)6(9)10-8-4-3-7/h8H,1,3-4,7H2,2H3. The highest BCUT2D eigenvalue weighted by Crippen LogP contribution is 1.87. The molecule has 0 bridgehead atoms. The van der Waals surface area contributed by atoms with Gasteiger partial charge in [0.25, 0.3) is 0 Å². The molecular formula is C6H12N2O2. The fourth-order valence-electron chi connectivity index (χ4n) is 0.263. The fourth-order valence-corrected chi connectivity index (χ4v) is 0.263. The van der Waals surface area contributed by atoms with Gasteiger partial charge in [0.15, 0.2) is 0 Å². The van der Waals surface area contributed by atoms with Gasteiger partial charge in [-0.1, -0.05) is 6.58 Å². The Morgan fingerprint density at radius 3 is 2.80 bits per heavy atom. The maximum absolute atomic E-state index is 10.6. The van der Waals surface area contributed by atoms with Gasteiger partial charge in [-0.25, -0.2) is 4.79 Å². The van der Waals surface area contributed by atoms with Crippen LogP contribution in [0.4, 0.5) is 0 Å². The van der Waals surface area contributed by atoms with Gasteiger partial charge in [0.05, 0.1) is 0 Å². The molecule has 0 aromatic rings. The summed E-state index contributed by atoms with van der Waals surface area (Å²) in [5.74, 6) is -0.451. The van der Waals surface area contributed by atoms with Crippen LogP contribution < -0.4 is 11.2 Å². The lowest BCUT2D eigenvalue weighted by atomic mass is 10.4. The lowest BCUT2D eigenvalue weighted by Crippen LogP contribution is -2.26. The SMILES string of the molecule is C=C(C)C(=O)ONCCN. The summed E-state index contributed by atoms with van der Waals surface area (Å²) in [6.07, 6.45) is 0. The van der Waals surface area contributed by atoms with Gasteiger partial charge < -0.3 is 10.6 Å². The summed E-state index contributed by atoms with van der Waals surface area (Å²) < 4.78 is 0. The van der Waals surface area contributed by atoms with Crippen molar-refractivity contribution in [2.24, 2.45) is 5.73 Å². The Morgan fingerprint density at radius 2 is 2.40 bits per heavy atom. The molecule has 0 atom stereocenters. The van der Waals surface area contributed by atoms with E-state index in [1.54, 1.807) is 6.92 Å². The third-order valence-corrected chi connectivity index (χ3v) is 0.760. The first-order valence-corrected chi connectivity index (χ1v) is 2.98. The van der Waals surface area contributed by atoms with E-state index >= 15 is 0 Å². The highest BCUT2D eigenvalue weighted by molar-refractivity contribution is 5.86. The molecule has 4 nitrogen and oxygen atoms in total. The summed E-state index contributed by atoms with van der Waals surface area (Å²) >= 11 is 0. The number of carbonyl (C=O) groups is 1. The van der Waals surface area contributed by atoms with Gasteiger partial charge in [-0.2, -0.15) is 5.48 Å². The van der Waals surface area contributed by atoms with Gasteiger partial charge in [0.2, 0.25) is 0 Å². The van der Waals surface area contributed by atoms with Crippen molar-refractivity contribution in [2.45, 2.75) is 6.92 Å². The second kappa shape index (κ2) is 4.96. The Hall–Kier alpha value is -0.870. The van der Waals surface area contributed by atoms with Gasteiger partial charge >= 0.3 is 5.97 Å². The number of hydroxylamine groups is 1. The molecule has 0 aliphatic rings. The molecule has 0 aliphatic carbocycles. The third-order valence-electron chi connectivity index (χ3n) is 0.760. The maximum atomic E-state index is 10.6. The summed E-state index contributed by atoms with van der Waals surface area (Å²) in [6.45, 7) is 5.86. The number of nitrogens with two attached hydrogens (primary N) is 1. The Balaban J connectivity index is 3.31. The largest absolute Gasteiger partial charge is 0.367 e. The van der Waals surface area contributed by atoms with E-state index in [0.29, 0.717) is 18.7 Å². The van der Waals surface area contributed by atoms with Crippen LogP contribution in [-0.4, -0.2) is 19.1 Å². The van der Waals surface area contributed by atoms with Crippen molar-refractivity contribution in [3.05, 3.63) is 12.2 Å². The monoisotopic (exact) mass is 144 g/mol. The second-order valence-corrected chi connectivity index (χ2v) is 1.85. The predicted molar refractivity (Wildman–Crippen MR) is 38.0 cm³/mol. The van der Waals surface area contributed by atoms with Gasteiger partial charge in [0, 0.05) is 18.7 Å². The molecule has 4 heteroatoms. The second-order valence-electron chi connectivity index (χ2n) is 1.85. The zero-order valence-electron chi connectivity index (χ0n) is 6.02. The number of nitrogens with one attached hydrogen (secondary N) is 1. The van der Waals surface area contributed by atoms with Crippen molar-refractivity contribution in [1.29, 1.82) is 0 Å². The minimum absolute atomic E-state index is 0.365. The maximum Gasteiger partial charge on any atom is 0.351 e. The van der Waals surface area contributed by atoms with Crippen molar-refractivity contribution in [3.63, 3.8) is 0 Å². The third kappa shape index (κ3) is 4.05. The normalized spacial score (nSPS) is 9.00. The molecule has 0 heterocycles. The first-order valence-electron chi connectivity index (χ1n) is 2.98. The zero-order valence-corrected chi connectivity index (χ0v) is 6.02. The van der Waals surface area contributed by atoms with Crippen molar-refractivity contribution in [1.82, 2.24) is 5.48 Å². The molecular weight excluding hydrogens is 132 g/mol. The average Bonchev–Trinajstić information content (AvgIpc) is 1.88. The highest BCUT2D eigenvalue weighted by Gasteiger charge is 2.00. The molecule has 0 saturated heterocycles. The summed E-state index contributed by atoms with van der Waals surface area (Å²) in [4.78, 5) is 15.1. The van der Waals surface area contributed by atoms with Crippen LogP contribution in [0, 0.1) is 0 Å². The van der Waals surface area contributed by atoms with Crippen LogP contribution >= 0.6 is 0 Å². The molecule has 10 heavy (non-hydrogen) atoms. The van der Waals surface area contributed by atoms with Gasteiger partial charge in [-0.3, -0.25) is 0 Å². The van der Waals surface area contributed by atoms with Crippen LogP contribution in [0.2, 0.25) is 0 Å². The average molecular weight is 144 g/mol. The Morgan fingerprint density at radius 1 is 1.80 bits per heavy atom. The molecule has 0 amide bonds. The lowest BCUT2D eigenvalue weighted by Gasteiger charge is -2.02. The number of carbonyl (C=O) groups excluding carboxylic acids is 1. The van der Waals surface area contributed by atoms with Crippen molar-refractivity contribution in [2.75, 3.05) is 13.1 Å². The number of hydrogen-bond donors (Lipinski definition) is 2. The molecule has 0 rings (SSSR count). The van der Waals surface area contributed by atoms with Crippen molar-refractivity contribution >= 4 is 5.97 Å². The summed E-state index contributed by atoms with van der Waals surface area (Å²) in [5, 5.41) is 0. The van der Waals surface area contributed by atoms with E-state index in [2.05, 4.69) is 16.9 Å². The first kappa shape index (κ1) is 9.13. The predicted octanol–water partition coefficient (Wildman–Crippen LogP) is -0.431. The fraction of sp³-hybridized carbons (Fsp3) is 0.500. The smallest absolute Gasteiger partial charge is 0.351 e. The van der Waals surface area contributed by atoms with Crippen LogP contribution in [0.5, 0.6) is 0 Å². The molecule has 0 spiro atoms. The molecule has 0 unspecified atom stereocenters. The van der Waals surface area contributed by atoms with E-state index in [-0.39, 0.29) is 0 Å². The molecule has 0 aromatic carbocycles. The number of hydrogen-bond acceptors (Lipinski definition) is 4. The Bertz CT molecular complexity index is 134. The minimum atomic E-state index is -0.451. The lowest BCUT2D eigenvalue weighted by molar-refractivity contribution is -0.145. The highest BCUT2D eigenvalue weighted by atomic mass is 16.7. The molecule has 58 valence electrons.